The normalized spacial score (nSPS) is 11.3. The monoisotopic (exact) mass is 334 g/mol. The summed E-state index contributed by atoms with van der Waals surface area (Å²) in [5.41, 5.74) is 2.40. The smallest absolute Gasteiger partial charge is 0.273 e. The van der Waals surface area contributed by atoms with Crippen molar-refractivity contribution >= 4 is 21.4 Å². The summed E-state index contributed by atoms with van der Waals surface area (Å²) >= 11 is 0. The van der Waals surface area contributed by atoms with Gasteiger partial charge in [-0.25, -0.2) is 8.42 Å². The van der Waals surface area contributed by atoms with Crippen LogP contribution in [0.15, 0.2) is 41.3 Å². The molecule has 0 amide bonds. The Morgan fingerprint density at radius 2 is 1.83 bits per heavy atom. The van der Waals surface area contributed by atoms with E-state index in [0.29, 0.717) is 17.7 Å². The summed E-state index contributed by atoms with van der Waals surface area (Å²) in [5, 5.41) is 11.0. The predicted molar refractivity (Wildman–Crippen MR) is 89.2 cm³/mol. The van der Waals surface area contributed by atoms with E-state index in [-0.39, 0.29) is 10.6 Å². The van der Waals surface area contributed by atoms with Gasteiger partial charge in [-0.1, -0.05) is 31.2 Å². The van der Waals surface area contributed by atoms with Gasteiger partial charge in [0.05, 0.1) is 15.5 Å². The lowest BCUT2D eigenvalue weighted by atomic mass is 10.1. The van der Waals surface area contributed by atoms with Crippen LogP contribution in [0.25, 0.3) is 0 Å². The van der Waals surface area contributed by atoms with Crippen LogP contribution in [0.5, 0.6) is 0 Å². The molecule has 0 atom stereocenters. The second kappa shape index (κ2) is 6.37. The van der Waals surface area contributed by atoms with Crippen molar-refractivity contribution in [2.24, 2.45) is 0 Å². The molecule has 0 heterocycles. The van der Waals surface area contributed by atoms with E-state index in [1.165, 1.54) is 12.1 Å². The van der Waals surface area contributed by atoms with Gasteiger partial charge in [-0.3, -0.25) is 14.8 Å². The molecule has 1 N–H and O–H groups in total. The van der Waals surface area contributed by atoms with E-state index in [2.05, 4.69) is 4.72 Å². The number of anilines is 1. The highest BCUT2D eigenvalue weighted by Crippen LogP contribution is 2.27. The van der Waals surface area contributed by atoms with Crippen molar-refractivity contribution in [3.8, 4) is 0 Å². The molecule has 2 aromatic carbocycles. The van der Waals surface area contributed by atoms with Crippen LogP contribution in [0.2, 0.25) is 0 Å². The number of para-hydroxylation sites is 1. The van der Waals surface area contributed by atoms with Crippen molar-refractivity contribution in [3.05, 3.63) is 63.2 Å². The Hall–Kier alpha value is -2.41. The fourth-order valence-electron chi connectivity index (χ4n) is 2.32. The third kappa shape index (κ3) is 3.50. The Morgan fingerprint density at radius 3 is 2.43 bits per heavy atom. The van der Waals surface area contributed by atoms with Crippen molar-refractivity contribution in [1.29, 1.82) is 0 Å². The van der Waals surface area contributed by atoms with Crippen LogP contribution in [-0.4, -0.2) is 13.3 Å². The maximum absolute atomic E-state index is 12.6. The summed E-state index contributed by atoms with van der Waals surface area (Å²) < 4.78 is 27.7. The van der Waals surface area contributed by atoms with Gasteiger partial charge in [-0.05, 0) is 37.5 Å². The number of nitro groups is 1. The third-order valence-corrected chi connectivity index (χ3v) is 5.01. The second-order valence-corrected chi connectivity index (χ2v) is 6.96. The van der Waals surface area contributed by atoms with Gasteiger partial charge >= 0.3 is 0 Å². The van der Waals surface area contributed by atoms with Gasteiger partial charge in [0.1, 0.15) is 0 Å². The number of rotatable bonds is 5. The zero-order valence-electron chi connectivity index (χ0n) is 13.2. The average molecular weight is 334 g/mol. The summed E-state index contributed by atoms with van der Waals surface area (Å²) in [6.07, 6.45) is 0.674. The summed E-state index contributed by atoms with van der Waals surface area (Å²) in [7, 11) is -3.90. The molecular formula is C16H18N2O4S. The molecule has 7 heteroatoms. The first-order valence-electron chi connectivity index (χ1n) is 7.12. The molecule has 0 saturated heterocycles. The molecule has 0 unspecified atom stereocenters. The molecule has 0 aromatic heterocycles. The maximum Gasteiger partial charge on any atom is 0.273 e. The van der Waals surface area contributed by atoms with Gasteiger partial charge in [0, 0.05) is 11.6 Å². The van der Waals surface area contributed by atoms with Gasteiger partial charge in [0.25, 0.3) is 15.7 Å². The van der Waals surface area contributed by atoms with Crippen molar-refractivity contribution < 1.29 is 13.3 Å². The lowest BCUT2D eigenvalue weighted by molar-refractivity contribution is -0.385. The van der Waals surface area contributed by atoms with E-state index in [0.717, 1.165) is 17.2 Å². The van der Waals surface area contributed by atoms with E-state index in [1.54, 1.807) is 6.92 Å². The Labute approximate surface area is 135 Å². The van der Waals surface area contributed by atoms with Gasteiger partial charge in [0.2, 0.25) is 0 Å². The molecule has 0 spiro atoms. The average Bonchev–Trinajstić information content (AvgIpc) is 2.49. The van der Waals surface area contributed by atoms with Gasteiger partial charge in [-0.2, -0.15) is 0 Å². The first kappa shape index (κ1) is 17.0. The Kier molecular flexibility index (Phi) is 4.70. The molecule has 0 fully saturated rings. The Morgan fingerprint density at radius 1 is 1.13 bits per heavy atom. The van der Waals surface area contributed by atoms with Gasteiger partial charge < -0.3 is 0 Å². The van der Waals surface area contributed by atoms with Crippen LogP contribution in [0.3, 0.4) is 0 Å². The number of nitro benzene ring substituents is 1. The molecule has 122 valence electrons. The summed E-state index contributed by atoms with van der Waals surface area (Å²) in [4.78, 5) is 10.3. The van der Waals surface area contributed by atoms with Crippen molar-refractivity contribution in [2.75, 3.05) is 4.72 Å². The molecule has 6 nitrogen and oxygen atoms in total. The minimum Gasteiger partial charge on any atom is -0.279 e. The van der Waals surface area contributed by atoms with Crippen LogP contribution in [-0.2, 0) is 16.4 Å². The van der Waals surface area contributed by atoms with Crippen LogP contribution < -0.4 is 4.72 Å². The third-order valence-electron chi connectivity index (χ3n) is 3.66. The summed E-state index contributed by atoms with van der Waals surface area (Å²) in [6, 6.07) is 9.42. The minimum absolute atomic E-state index is 0.125. The first-order chi connectivity index (χ1) is 10.8. The molecule has 2 rings (SSSR count). The molecule has 0 saturated carbocycles. The van der Waals surface area contributed by atoms with Crippen molar-refractivity contribution in [1.82, 2.24) is 0 Å². The lowest BCUT2D eigenvalue weighted by Gasteiger charge is -2.14. The van der Waals surface area contributed by atoms with Crippen LogP contribution in [0, 0.1) is 24.0 Å². The largest absolute Gasteiger partial charge is 0.279 e. The SMILES string of the molecule is CCc1cccc(C)c1NS(=O)(=O)c1ccc(C)c([N+](=O)[O-])c1. The molecule has 0 aliphatic rings. The lowest BCUT2D eigenvalue weighted by Crippen LogP contribution is -2.15. The number of benzene rings is 2. The first-order valence-corrected chi connectivity index (χ1v) is 8.61. The Balaban J connectivity index is 2.49. The van der Waals surface area contributed by atoms with E-state index < -0.39 is 14.9 Å². The number of hydrogen-bond donors (Lipinski definition) is 1. The number of aryl methyl sites for hydroxylation is 3. The van der Waals surface area contributed by atoms with E-state index in [9.17, 15) is 18.5 Å². The highest BCUT2D eigenvalue weighted by molar-refractivity contribution is 7.92. The van der Waals surface area contributed by atoms with Gasteiger partial charge in [-0.15, -0.1) is 0 Å². The van der Waals surface area contributed by atoms with Crippen LogP contribution in [0.4, 0.5) is 11.4 Å². The number of sulfonamides is 1. The predicted octanol–water partition coefficient (Wildman–Crippen LogP) is 3.57. The highest BCUT2D eigenvalue weighted by Gasteiger charge is 2.21. The quantitative estimate of drug-likeness (QED) is 0.668. The van der Waals surface area contributed by atoms with E-state index in [1.807, 2.05) is 32.0 Å². The zero-order chi connectivity index (χ0) is 17.2. The van der Waals surface area contributed by atoms with Gasteiger partial charge in [0.15, 0.2) is 0 Å². The van der Waals surface area contributed by atoms with Crippen molar-refractivity contribution in [2.45, 2.75) is 32.1 Å². The zero-order valence-corrected chi connectivity index (χ0v) is 14.0. The topological polar surface area (TPSA) is 89.3 Å². The molecule has 2 aromatic rings. The maximum atomic E-state index is 12.6. The molecule has 0 aliphatic carbocycles. The molecule has 23 heavy (non-hydrogen) atoms. The summed E-state index contributed by atoms with van der Waals surface area (Å²) in [5.74, 6) is 0. The highest BCUT2D eigenvalue weighted by atomic mass is 32.2. The van der Waals surface area contributed by atoms with E-state index >= 15 is 0 Å². The fraction of sp³-hybridized carbons (Fsp3) is 0.250. The van der Waals surface area contributed by atoms with Crippen LogP contribution in [0.1, 0.15) is 23.6 Å². The minimum atomic E-state index is -3.90. The standard InChI is InChI=1S/C16H18N2O4S/c1-4-13-7-5-6-12(3)16(13)17-23(21,22)14-9-8-11(2)15(10-14)18(19)20/h5-10,17H,4H2,1-3H3. The van der Waals surface area contributed by atoms with Crippen LogP contribution >= 0.6 is 0 Å². The molecule has 0 radical (unpaired) electrons. The molecule has 0 bridgehead atoms. The van der Waals surface area contributed by atoms with E-state index in [4.69, 9.17) is 0 Å². The number of hydrogen-bond acceptors (Lipinski definition) is 4. The number of nitrogens with zero attached hydrogens (tertiary/aromatic N) is 1. The molecular weight excluding hydrogens is 316 g/mol. The number of nitrogens with one attached hydrogen (secondary N) is 1. The molecule has 0 aliphatic heterocycles. The fourth-order valence-corrected chi connectivity index (χ4v) is 3.51. The Bertz CT molecular complexity index is 860. The van der Waals surface area contributed by atoms with Crippen molar-refractivity contribution in [3.63, 3.8) is 0 Å². The second-order valence-electron chi connectivity index (χ2n) is 5.27. The summed E-state index contributed by atoms with van der Waals surface area (Å²) in [6.45, 7) is 5.32.